The summed E-state index contributed by atoms with van der Waals surface area (Å²) >= 11 is 0. The van der Waals surface area contributed by atoms with Gasteiger partial charge in [-0.2, -0.15) is 0 Å². The fraction of sp³-hybridized carbons (Fsp3) is 0.167. The van der Waals surface area contributed by atoms with Crippen molar-refractivity contribution in [2.75, 3.05) is 5.32 Å². The molecule has 0 radical (unpaired) electrons. The highest BCUT2D eigenvalue weighted by molar-refractivity contribution is 5.82. The third-order valence-electron chi connectivity index (χ3n) is 3.59. The van der Waals surface area contributed by atoms with Crippen LogP contribution in [0, 0.1) is 13.8 Å². The first-order chi connectivity index (χ1) is 9.72. The average molecular weight is 262 g/mol. The quantitative estimate of drug-likeness (QED) is 0.753. The summed E-state index contributed by atoms with van der Waals surface area (Å²) in [5.74, 6) is 0. The molecule has 0 aliphatic carbocycles. The van der Waals surface area contributed by atoms with Gasteiger partial charge in [-0.3, -0.25) is 4.98 Å². The van der Waals surface area contributed by atoms with Gasteiger partial charge in [-0.05, 0) is 49.2 Å². The van der Waals surface area contributed by atoms with Gasteiger partial charge in [-0.15, -0.1) is 0 Å². The first-order valence-corrected chi connectivity index (χ1v) is 6.87. The number of rotatable bonds is 3. The van der Waals surface area contributed by atoms with Crippen LogP contribution in [-0.2, 0) is 6.54 Å². The largest absolute Gasteiger partial charge is 0.381 e. The smallest absolute Gasteiger partial charge is 0.0703 e. The second-order valence-electron chi connectivity index (χ2n) is 5.19. The van der Waals surface area contributed by atoms with Gasteiger partial charge in [0, 0.05) is 23.8 Å². The summed E-state index contributed by atoms with van der Waals surface area (Å²) in [5, 5.41) is 4.66. The number of nitrogens with zero attached hydrogens (tertiary/aromatic N) is 1. The van der Waals surface area contributed by atoms with Crippen LogP contribution in [0.25, 0.3) is 10.9 Å². The molecule has 100 valence electrons. The second kappa shape index (κ2) is 5.33. The Balaban J connectivity index is 1.81. The zero-order valence-corrected chi connectivity index (χ0v) is 11.9. The molecule has 3 rings (SSSR count). The number of aryl methyl sites for hydroxylation is 2. The SMILES string of the molecule is Cc1ccc(C)c(CNc2ccc3ncccc3c2)c1. The third kappa shape index (κ3) is 2.64. The monoisotopic (exact) mass is 262 g/mol. The van der Waals surface area contributed by atoms with Crippen LogP contribution in [0.3, 0.4) is 0 Å². The summed E-state index contributed by atoms with van der Waals surface area (Å²) in [7, 11) is 0. The highest BCUT2D eigenvalue weighted by Gasteiger charge is 2.00. The lowest BCUT2D eigenvalue weighted by molar-refractivity contribution is 1.11. The van der Waals surface area contributed by atoms with Crippen molar-refractivity contribution in [3.8, 4) is 0 Å². The van der Waals surface area contributed by atoms with E-state index in [0.717, 1.165) is 17.7 Å². The highest BCUT2D eigenvalue weighted by atomic mass is 14.9. The van der Waals surface area contributed by atoms with Crippen molar-refractivity contribution >= 4 is 16.6 Å². The van der Waals surface area contributed by atoms with E-state index >= 15 is 0 Å². The molecule has 0 fully saturated rings. The van der Waals surface area contributed by atoms with Crippen molar-refractivity contribution in [3.63, 3.8) is 0 Å². The van der Waals surface area contributed by atoms with Crippen molar-refractivity contribution in [3.05, 3.63) is 71.4 Å². The molecule has 0 spiro atoms. The molecule has 2 nitrogen and oxygen atoms in total. The van der Waals surface area contributed by atoms with Gasteiger partial charge >= 0.3 is 0 Å². The van der Waals surface area contributed by atoms with Gasteiger partial charge in [0.25, 0.3) is 0 Å². The fourth-order valence-electron chi connectivity index (χ4n) is 2.37. The lowest BCUT2D eigenvalue weighted by Gasteiger charge is -2.10. The number of nitrogens with one attached hydrogen (secondary N) is 1. The number of fused-ring (bicyclic) bond motifs is 1. The van der Waals surface area contributed by atoms with Gasteiger partial charge in [-0.1, -0.05) is 29.8 Å². The van der Waals surface area contributed by atoms with Crippen molar-refractivity contribution in [1.82, 2.24) is 4.98 Å². The van der Waals surface area contributed by atoms with Crippen molar-refractivity contribution < 1.29 is 0 Å². The molecule has 0 atom stereocenters. The first-order valence-electron chi connectivity index (χ1n) is 6.87. The molecule has 1 aromatic heterocycles. The third-order valence-corrected chi connectivity index (χ3v) is 3.59. The molecule has 1 N–H and O–H groups in total. The normalized spacial score (nSPS) is 10.7. The molecule has 2 heteroatoms. The van der Waals surface area contributed by atoms with Gasteiger partial charge in [-0.25, -0.2) is 0 Å². The van der Waals surface area contributed by atoms with Crippen LogP contribution in [0.5, 0.6) is 0 Å². The Morgan fingerprint density at radius 2 is 1.90 bits per heavy atom. The van der Waals surface area contributed by atoms with E-state index < -0.39 is 0 Å². The summed E-state index contributed by atoms with van der Waals surface area (Å²) < 4.78 is 0. The summed E-state index contributed by atoms with van der Waals surface area (Å²) in [6.07, 6.45) is 1.82. The number of aromatic nitrogens is 1. The van der Waals surface area contributed by atoms with Crippen molar-refractivity contribution in [2.45, 2.75) is 20.4 Å². The van der Waals surface area contributed by atoms with Gasteiger partial charge < -0.3 is 5.32 Å². The minimum absolute atomic E-state index is 0.847. The molecule has 0 unspecified atom stereocenters. The molecule has 0 aliphatic heterocycles. The van der Waals surface area contributed by atoms with Gasteiger partial charge in [0.15, 0.2) is 0 Å². The predicted octanol–water partition coefficient (Wildman–Crippen LogP) is 4.46. The van der Waals surface area contributed by atoms with E-state index in [1.807, 2.05) is 12.3 Å². The van der Waals surface area contributed by atoms with E-state index in [1.54, 1.807) is 0 Å². The van der Waals surface area contributed by atoms with Crippen LogP contribution < -0.4 is 5.32 Å². The summed E-state index contributed by atoms with van der Waals surface area (Å²) in [6.45, 7) is 5.13. The molecule has 1 heterocycles. The molecule has 0 bridgehead atoms. The Morgan fingerprint density at radius 1 is 1.00 bits per heavy atom. The van der Waals surface area contributed by atoms with Crippen LogP contribution in [0.4, 0.5) is 5.69 Å². The van der Waals surface area contributed by atoms with Crippen LogP contribution in [0.1, 0.15) is 16.7 Å². The topological polar surface area (TPSA) is 24.9 Å². The molecule has 2 aromatic carbocycles. The Labute approximate surface area is 119 Å². The van der Waals surface area contributed by atoms with Crippen LogP contribution in [-0.4, -0.2) is 4.98 Å². The molecular formula is C18H18N2. The highest BCUT2D eigenvalue weighted by Crippen LogP contribution is 2.18. The summed E-state index contributed by atoms with van der Waals surface area (Å²) in [4.78, 5) is 4.34. The first kappa shape index (κ1) is 12.7. The minimum atomic E-state index is 0.847. The van der Waals surface area contributed by atoms with Crippen LogP contribution in [0.15, 0.2) is 54.7 Å². The molecular weight excluding hydrogens is 244 g/mol. The number of benzene rings is 2. The number of anilines is 1. The number of hydrogen-bond acceptors (Lipinski definition) is 2. The molecule has 3 aromatic rings. The van der Waals surface area contributed by atoms with E-state index in [-0.39, 0.29) is 0 Å². The molecule has 0 saturated heterocycles. The maximum Gasteiger partial charge on any atom is 0.0703 e. The fourth-order valence-corrected chi connectivity index (χ4v) is 2.37. The molecule has 20 heavy (non-hydrogen) atoms. The Bertz CT molecular complexity index is 747. The van der Waals surface area contributed by atoms with Crippen LogP contribution >= 0.6 is 0 Å². The van der Waals surface area contributed by atoms with E-state index in [0.29, 0.717) is 0 Å². The Kier molecular flexibility index (Phi) is 3.38. The number of pyridine rings is 1. The summed E-state index contributed by atoms with van der Waals surface area (Å²) in [5.41, 5.74) is 6.13. The Hall–Kier alpha value is -2.35. The van der Waals surface area contributed by atoms with E-state index in [2.05, 4.69) is 66.6 Å². The van der Waals surface area contributed by atoms with E-state index in [1.165, 1.54) is 22.1 Å². The summed E-state index contributed by atoms with van der Waals surface area (Å²) in [6, 6.07) is 16.9. The van der Waals surface area contributed by atoms with E-state index in [9.17, 15) is 0 Å². The van der Waals surface area contributed by atoms with E-state index in [4.69, 9.17) is 0 Å². The molecule has 0 amide bonds. The molecule has 0 aliphatic rings. The minimum Gasteiger partial charge on any atom is -0.381 e. The van der Waals surface area contributed by atoms with Crippen molar-refractivity contribution in [1.29, 1.82) is 0 Å². The lowest BCUT2D eigenvalue weighted by atomic mass is 10.1. The zero-order chi connectivity index (χ0) is 13.9. The van der Waals surface area contributed by atoms with Crippen molar-refractivity contribution in [2.24, 2.45) is 0 Å². The number of hydrogen-bond donors (Lipinski definition) is 1. The van der Waals surface area contributed by atoms with Crippen LogP contribution in [0.2, 0.25) is 0 Å². The maximum atomic E-state index is 4.34. The lowest BCUT2D eigenvalue weighted by Crippen LogP contribution is -2.01. The predicted molar refractivity (Wildman–Crippen MR) is 85.0 cm³/mol. The van der Waals surface area contributed by atoms with Gasteiger partial charge in [0.1, 0.15) is 0 Å². The zero-order valence-electron chi connectivity index (χ0n) is 11.9. The van der Waals surface area contributed by atoms with Gasteiger partial charge in [0.2, 0.25) is 0 Å². The van der Waals surface area contributed by atoms with Gasteiger partial charge in [0.05, 0.1) is 5.52 Å². The standard InChI is InChI=1S/C18H18N2/c1-13-5-6-14(2)16(10-13)12-20-17-7-8-18-15(11-17)4-3-9-19-18/h3-11,20H,12H2,1-2H3. The molecule has 0 saturated carbocycles. The Morgan fingerprint density at radius 3 is 2.80 bits per heavy atom. The maximum absolute atomic E-state index is 4.34. The average Bonchev–Trinajstić information content (AvgIpc) is 2.48. The second-order valence-corrected chi connectivity index (χ2v) is 5.19.